The van der Waals surface area contributed by atoms with Gasteiger partial charge in [0, 0.05) is 40.5 Å². The van der Waals surface area contributed by atoms with Gasteiger partial charge >= 0.3 is 6.61 Å². The fourth-order valence-electron chi connectivity index (χ4n) is 5.18. The third-order valence-electron chi connectivity index (χ3n) is 8.37. The second-order valence-corrected chi connectivity index (χ2v) is 26.1. The summed E-state index contributed by atoms with van der Waals surface area (Å²) in [5.74, 6) is 0.223. The van der Waals surface area contributed by atoms with Gasteiger partial charge < -0.3 is 28.3 Å². The predicted molar refractivity (Wildman–Crippen MR) is 180 cm³/mol. The van der Waals surface area contributed by atoms with Crippen LogP contribution in [-0.4, -0.2) is 62.5 Å². The summed E-state index contributed by atoms with van der Waals surface area (Å²) < 4.78 is 59.3. The number of benzene rings is 1. The zero-order valence-corrected chi connectivity index (χ0v) is 30.1. The minimum atomic E-state index is -2.98. The highest BCUT2D eigenvalue weighted by molar-refractivity contribution is 6.76. The summed E-state index contributed by atoms with van der Waals surface area (Å²) in [4.78, 5) is 14.1. The zero-order chi connectivity index (χ0) is 33.1. The average molecular weight is 678 g/mol. The molecule has 9 nitrogen and oxygen atoms in total. The highest BCUT2D eigenvalue weighted by Gasteiger charge is 2.29. The standard InChI is InChI=1S/C33H49F2N3O6Si2/c1-45(2,3)16-14-40-21-37-27-19-36-38(22-41-15-17-46(4,5)6)32(39)30(27)26(20-42-24-8-7-9-24)31(37)23-10-13-28(44-33(34)35)29(18-23)43-25-11-12-25/h10,13,18-19,24-25,33H,7-9,11-12,14-17,20-22H2,1-6H3. The van der Waals surface area contributed by atoms with Gasteiger partial charge in [0.25, 0.3) is 5.56 Å². The molecule has 46 heavy (non-hydrogen) atoms. The topological polar surface area (TPSA) is 86.0 Å². The molecule has 0 unspecified atom stereocenters. The molecule has 0 aliphatic heterocycles. The van der Waals surface area contributed by atoms with Crippen molar-refractivity contribution in [3.05, 3.63) is 40.3 Å². The molecule has 0 saturated heterocycles. The summed E-state index contributed by atoms with van der Waals surface area (Å²) in [5.41, 5.74) is 2.46. The van der Waals surface area contributed by atoms with E-state index in [4.69, 9.17) is 23.7 Å². The molecule has 0 atom stereocenters. The number of hydrogen-bond acceptors (Lipinski definition) is 7. The van der Waals surface area contributed by atoms with E-state index >= 15 is 0 Å². The molecule has 0 radical (unpaired) electrons. The van der Waals surface area contributed by atoms with Crippen molar-refractivity contribution < 1.29 is 32.5 Å². The van der Waals surface area contributed by atoms with E-state index in [1.54, 1.807) is 18.3 Å². The van der Waals surface area contributed by atoms with Crippen LogP contribution < -0.4 is 15.0 Å². The van der Waals surface area contributed by atoms with Crippen LogP contribution in [-0.2, 0) is 34.3 Å². The normalized spacial score (nSPS) is 15.9. The molecule has 2 aromatic heterocycles. The number of halogens is 2. The molecular formula is C33H49F2N3O6Si2. The molecule has 254 valence electrons. The van der Waals surface area contributed by atoms with Gasteiger partial charge in [0.2, 0.25) is 0 Å². The van der Waals surface area contributed by atoms with Crippen LogP contribution in [0.2, 0.25) is 51.4 Å². The molecule has 0 amide bonds. The molecule has 1 aromatic carbocycles. The highest BCUT2D eigenvalue weighted by atomic mass is 28.3. The van der Waals surface area contributed by atoms with E-state index in [2.05, 4.69) is 44.4 Å². The van der Waals surface area contributed by atoms with Crippen molar-refractivity contribution in [3.8, 4) is 22.8 Å². The Morgan fingerprint density at radius 3 is 2.17 bits per heavy atom. The molecule has 2 aliphatic carbocycles. The van der Waals surface area contributed by atoms with Gasteiger partial charge in [0.05, 0.1) is 41.6 Å². The Bertz CT molecular complexity index is 1540. The lowest BCUT2D eigenvalue weighted by atomic mass is 9.96. The van der Waals surface area contributed by atoms with E-state index in [-0.39, 0.29) is 49.3 Å². The summed E-state index contributed by atoms with van der Waals surface area (Å²) in [6, 6.07) is 6.92. The Morgan fingerprint density at radius 2 is 1.59 bits per heavy atom. The lowest BCUT2D eigenvalue weighted by Gasteiger charge is -2.25. The van der Waals surface area contributed by atoms with Crippen LogP contribution in [0, 0.1) is 0 Å². The lowest BCUT2D eigenvalue weighted by molar-refractivity contribution is -0.0516. The van der Waals surface area contributed by atoms with Crippen molar-refractivity contribution in [2.24, 2.45) is 0 Å². The first-order valence-electron chi connectivity index (χ1n) is 16.4. The quantitative estimate of drug-likeness (QED) is 0.101. The van der Waals surface area contributed by atoms with Gasteiger partial charge in [-0.3, -0.25) is 4.79 Å². The van der Waals surface area contributed by atoms with Crippen LogP contribution >= 0.6 is 0 Å². The maximum absolute atomic E-state index is 14.1. The Kier molecular flexibility index (Phi) is 11.1. The van der Waals surface area contributed by atoms with Crippen molar-refractivity contribution >= 4 is 27.1 Å². The first-order chi connectivity index (χ1) is 21.8. The Hall–Kier alpha value is -2.59. The molecule has 2 heterocycles. The molecule has 2 saturated carbocycles. The molecule has 2 aliphatic rings. The lowest BCUT2D eigenvalue weighted by Crippen LogP contribution is -2.27. The molecule has 0 bridgehead atoms. The van der Waals surface area contributed by atoms with Crippen LogP contribution in [0.5, 0.6) is 11.5 Å². The second kappa shape index (κ2) is 14.7. The number of nitrogens with zero attached hydrogens (tertiary/aromatic N) is 3. The van der Waals surface area contributed by atoms with Crippen LogP contribution in [0.1, 0.15) is 37.7 Å². The average Bonchev–Trinajstić information content (AvgIpc) is 3.69. The van der Waals surface area contributed by atoms with Gasteiger partial charge in [-0.05, 0) is 62.4 Å². The van der Waals surface area contributed by atoms with Gasteiger partial charge in [-0.1, -0.05) is 39.3 Å². The molecular weight excluding hydrogens is 629 g/mol. The van der Waals surface area contributed by atoms with Crippen molar-refractivity contribution in [1.82, 2.24) is 14.3 Å². The summed E-state index contributed by atoms with van der Waals surface area (Å²) in [6.45, 7) is 12.3. The van der Waals surface area contributed by atoms with E-state index < -0.39 is 22.8 Å². The first-order valence-corrected chi connectivity index (χ1v) is 23.8. The van der Waals surface area contributed by atoms with E-state index in [1.165, 1.54) is 10.7 Å². The molecule has 3 aromatic rings. The summed E-state index contributed by atoms with van der Waals surface area (Å²) in [5, 5.41) is 4.99. The van der Waals surface area contributed by atoms with Crippen LogP contribution in [0.25, 0.3) is 22.2 Å². The van der Waals surface area contributed by atoms with Crippen LogP contribution in [0.4, 0.5) is 8.78 Å². The molecule has 0 N–H and O–H groups in total. The van der Waals surface area contributed by atoms with Gasteiger partial charge in [-0.15, -0.1) is 0 Å². The largest absolute Gasteiger partial charge is 0.487 e. The third-order valence-corrected chi connectivity index (χ3v) is 11.8. The Labute approximate surface area is 272 Å². The maximum Gasteiger partial charge on any atom is 0.387 e. The van der Waals surface area contributed by atoms with E-state index in [1.807, 2.05) is 4.57 Å². The molecule has 13 heteroatoms. The fourth-order valence-corrected chi connectivity index (χ4v) is 6.69. The number of ether oxygens (including phenoxy) is 5. The van der Waals surface area contributed by atoms with Crippen molar-refractivity contribution in [2.75, 3.05) is 13.2 Å². The van der Waals surface area contributed by atoms with Crippen molar-refractivity contribution in [2.45, 2.75) is 122 Å². The summed E-state index contributed by atoms with van der Waals surface area (Å²) in [6.07, 6.45) is 6.56. The van der Waals surface area contributed by atoms with E-state index in [0.717, 1.165) is 44.2 Å². The fraction of sp³-hybridized carbons (Fsp3) is 0.636. The smallest absolute Gasteiger partial charge is 0.387 e. The Balaban J connectivity index is 1.59. The number of rotatable bonds is 18. The first kappa shape index (κ1) is 34.7. The summed E-state index contributed by atoms with van der Waals surface area (Å²) >= 11 is 0. The molecule has 5 rings (SSSR count). The van der Waals surface area contributed by atoms with Gasteiger partial charge in [-0.2, -0.15) is 13.9 Å². The number of alkyl halides is 2. The number of fused-ring (bicyclic) bond motifs is 1. The molecule has 2 fully saturated rings. The number of aromatic nitrogens is 3. The van der Waals surface area contributed by atoms with Crippen LogP contribution in [0.3, 0.4) is 0 Å². The molecule has 0 spiro atoms. The maximum atomic E-state index is 14.1. The second-order valence-electron chi connectivity index (χ2n) is 14.9. The van der Waals surface area contributed by atoms with Crippen LogP contribution in [0.15, 0.2) is 29.2 Å². The monoisotopic (exact) mass is 677 g/mol. The number of hydrogen-bond donors (Lipinski definition) is 0. The zero-order valence-electron chi connectivity index (χ0n) is 28.1. The SMILES string of the molecule is C[Si](C)(C)CCOCn1ncc2c(c(COC3CCC3)c(-c3ccc(OC(F)F)c(OC4CC4)c3)n2COCC[Si](C)(C)C)c1=O. The minimum absolute atomic E-state index is 0.0218. The van der Waals surface area contributed by atoms with E-state index in [9.17, 15) is 13.6 Å². The van der Waals surface area contributed by atoms with Crippen molar-refractivity contribution in [1.29, 1.82) is 0 Å². The minimum Gasteiger partial charge on any atom is -0.487 e. The van der Waals surface area contributed by atoms with E-state index in [0.29, 0.717) is 40.9 Å². The third kappa shape index (κ3) is 9.27. The van der Waals surface area contributed by atoms with Gasteiger partial charge in [-0.25, -0.2) is 4.68 Å². The van der Waals surface area contributed by atoms with Crippen molar-refractivity contribution in [3.63, 3.8) is 0 Å². The van der Waals surface area contributed by atoms with Gasteiger partial charge in [0.1, 0.15) is 13.5 Å². The highest BCUT2D eigenvalue weighted by Crippen LogP contribution is 2.41. The summed E-state index contributed by atoms with van der Waals surface area (Å²) in [7, 11) is -2.65. The van der Waals surface area contributed by atoms with Gasteiger partial charge in [0.15, 0.2) is 11.5 Å². The predicted octanol–water partition coefficient (Wildman–Crippen LogP) is 7.70. The Morgan fingerprint density at radius 1 is 0.913 bits per heavy atom.